The smallest absolute Gasteiger partial charge is 0.303 e. The number of hydrogen-bond acceptors (Lipinski definition) is 5. The SMILES string of the molecule is CC(C)(C)c1ccc(O)c(C=C2SC(=S)N(CCCC(=O)O)C2=O)c1. The van der Waals surface area contributed by atoms with Crippen molar-refractivity contribution in [2.75, 3.05) is 6.54 Å². The Kier molecular flexibility index (Phi) is 5.90. The summed E-state index contributed by atoms with van der Waals surface area (Å²) < 4.78 is 0.410. The zero-order chi connectivity index (χ0) is 18.8. The summed E-state index contributed by atoms with van der Waals surface area (Å²) in [6, 6.07) is 5.36. The second-order valence-corrected chi connectivity index (χ2v) is 8.53. The molecular weight excluding hydrogens is 358 g/mol. The third kappa shape index (κ3) is 4.83. The van der Waals surface area contributed by atoms with Gasteiger partial charge in [-0.15, -0.1) is 0 Å². The predicted octanol–water partition coefficient (Wildman–Crippen LogP) is 3.76. The molecule has 0 spiro atoms. The first-order chi connectivity index (χ1) is 11.6. The molecule has 2 rings (SSSR count). The van der Waals surface area contributed by atoms with Crippen LogP contribution in [0.25, 0.3) is 6.08 Å². The molecule has 134 valence electrons. The molecule has 1 aliphatic heterocycles. The maximum Gasteiger partial charge on any atom is 0.303 e. The largest absolute Gasteiger partial charge is 0.507 e. The van der Waals surface area contributed by atoms with Gasteiger partial charge in [-0.25, -0.2) is 0 Å². The summed E-state index contributed by atoms with van der Waals surface area (Å²) in [6.45, 7) is 6.50. The Labute approximate surface area is 156 Å². The zero-order valence-electron chi connectivity index (χ0n) is 14.4. The monoisotopic (exact) mass is 379 g/mol. The minimum atomic E-state index is -0.898. The number of phenols is 1. The quantitative estimate of drug-likeness (QED) is 0.599. The highest BCUT2D eigenvalue weighted by Crippen LogP contribution is 2.35. The lowest BCUT2D eigenvalue weighted by molar-refractivity contribution is -0.137. The van der Waals surface area contributed by atoms with E-state index in [9.17, 15) is 14.7 Å². The number of hydrogen-bond donors (Lipinski definition) is 2. The molecular formula is C18H21NO4S2. The molecule has 1 aliphatic rings. The van der Waals surface area contributed by atoms with Crippen LogP contribution >= 0.6 is 24.0 Å². The van der Waals surface area contributed by atoms with Crippen molar-refractivity contribution in [2.24, 2.45) is 0 Å². The number of carboxylic acids is 1. The molecule has 1 aromatic rings. The number of phenolic OH excluding ortho intramolecular Hbond substituents is 1. The Morgan fingerprint density at radius 1 is 1.36 bits per heavy atom. The molecule has 0 radical (unpaired) electrons. The number of thiocarbonyl (C=S) groups is 1. The molecule has 0 saturated carbocycles. The molecule has 0 aliphatic carbocycles. The zero-order valence-corrected chi connectivity index (χ0v) is 16.0. The number of thioether (sulfide) groups is 1. The summed E-state index contributed by atoms with van der Waals surface area (Å²) >= 11 is 6.39. The number of carboxylic acid groups (broad SMARTS) is 1. The summed E-state index contributed by atoms with van der Waals surface area (Å²) in [5.41, 5.74) is 1.54. The van der Waals surface area contributed by atoms with Crippen molar-refractivity contribution in [3.05, 3.63) is 34.2 Å². The number of amides is 1. The minimum Gasteiger partial charge on any atom is -0.507 e. The van der Waals surface area contributed by atoms with Gasteiger partial charge in [0.2, 0.25) is 0 Å². The molecule has 5 nitrogen and oxygen atoms in total. The van der Waals surface area contributed by atoms with Gasteiger partial charge in [-0.1, -0.05) is 50.8 Å². The van der Waals surface area contributed by atoms with Gasteiger partial charge in [0.25, 0.3) is 5.91 Å². The van der Waals surface area contributed by atoms with Crippen LogP contribution in [0.3, 0.4) is 0 Å². The minimum absolute atomic E-state index is 0.00940. The van der Waals surface area contributed by atoms with Crippen LogP contribution in [-0.2, 0) is 15.0 Å². The molecule has 0 atom stereocenters. The van der Waals surface area contributed by atoms with Crippen LogP contribution in [0.15, 0.2) is 23.1 Å². The number of aromatic hydroxyl groups is 1. The lowest BCUT2D eigenvalue weighted by Crippen LogP contribution is -2.29. The van der Waals surface area contributed by atoms with E-state index >= 15 is 0 Å². The van der Waals surface area contributed by atoms with Gasteiger partial charge < -0.3 is 10.2 Å². The van der Waals surface area contributed by atoms with Gasteiger partial charge in [0.05, 0.1) is 4.91 Å². The van der Waals surface area contributed by atoms with Crippen LogP contribution in [0.5, 0.6) is 5.75 Å². The number of rotatable bonds is 5. The summed E-state index contributed by atoms with van der Waals surface area (Å²) in [4.78, 5) is 25.0. The first-order valence-electron chi connectivity index (χ1n) is 7.90. The van der Waals surface area contributed by atoms with Crippen LogP contribution in [0.2, 0.25) is 0 Å². The van der Waals surface area contributed by atoms with E-state index in [2.05, 4.69) is 20.8 Å². The summed E-state index contributed by atoms with van der Waals surface area (Å²) in [7, 11) is 0. The fraction of sp³-hybridized carbons (Fsp3) is 0.389. The van der Waals surface area contributed by atoms with Crippen LogP contribution in [0.1, 0.15) is 44.7 Å². The van der Waals surface area contributed by atoms with Gasteiger partial charge in [0.1, 0.15) is 10.1 Å². The summed E-state index contributed by atoms with van der Waals surface area (Å²) in [6.07, 6.45) is 1.98. The molecule has 0 aromatic heterocycles. The van der Waals surface area contributed by atoms with Crippen molar-refractivity contribution in [1.29, 1.82) is 0 Å². The first-order valence-corrected chi connectivity index (χ1v) is 9.12. The lowest BCUT2D eigenvalue weighted by atomic mass is 9.86. The second-order valence-electron chi connectivity index (χ2n) is 6.85. The topological polar surface area (TPSA) is 77.8 Å². The van der Waals surface area contributed by atoms with E-state index in [4.69, 9.17) is 17.3 Å². The van der Waals surface area contributed by atoms with Gasteiger partial charge in [-0.3, -0.25) is 14.5 Å². The van der Waals surface area contributed by atoms with E-state index in [1.54, 1.807) is 12.1 Å². The first kappa shape index (κ1) is 19.5. The van der Waals surface area contributed by atoms with Gasteiger partial charge >= 0.3 is 5.97 Å². The van der Waals surface area contributed by atoms with Crippen LogP contribution < -0.4 is 0 Å². The van der Waals surface area contributed by atoms with Crippen LogP contribution in [0.4, 0.5) is 0 Å². The molecule has 1 amide bonds. The van der Waals surface area contributed by atoms with Crippen molar-refractivity contribution in [1.82, 2.24) is 4.90 Å². The fourth-order valence-electron chi connectivity index (χ4n) is 2.36. The van der Waals surface area contributed by atoms with E-state index in [0.29, 0.717) is 21.2 Å². The Morgan fingerprint density at radius 3 is 2.64 bits per heavy atom. The van der Waals surface area contributed by atoms with Crippen LogP contribution in [0, 0.1) is 0 Å². The number of benzene rings is 1. The van der Waals surface area contributed by atoms with Gasteiger partial charge in [0, 0.05) is 18.5 Å². The number of carbonyl (C=O) groups excluding carboxylic acids is 1. The van der Waals surface area contributed by atoms with Gasteiger partial charge in [0.15, 0.2) is 0 Å². The van der Waals surface area contributed by atoms with Crippen molar-refractivity contribution in [2.45, 2.75) is 39.0 Å². The van der Waals surface area contributed by atoms with E-state index in [0.717, 1.165) is 5.56 Å². The van der Waals surface area contributed by atoms with Crippen molar-refractivity contribution >= 4 is 46.3 Å². The van der Waals surface area contributed by atoms with Crippen LogP contribution in [-0.4, -0.2) is 37.9 Å². The van der Waals surface area contributed by atoms with E-state index in [1.807, 2.05) is 12.1 Å². The standard InChI is InChI=1S/C18H21NO4S2/c1-18(2,3)12-6-7-13(20)11(9-12)10-14-16(23)19(17(24)25-14)8-4-5-15(21)22/h6-7,9-10,20H,4-5,8H2,1-3H3,(H,21,22). The van der Waals surface area contributed by atoms with E-state index < -0.39 is 5.97 Å². The van der Waals surface area contributed by atoms with Crippen molar-refractivity contribution in [3.8, 4) is 5.75 Å². The third-order valence-corrected chi connectivity index (χ3v) is 5.20. The van der Waals surface area contributed by atoms with Crippen molar-refractivity contribution in [3.63, 3.8) is 0 Å². The number of carbonyl (C=O) groups is 2. The Hall–Kier alpha value is -1.86. The molecule has 1 fully saturated rings. The van der Waals surface area contributed by atoms with Gasteiger partial charge in [-0.05, 0) is 35.6 Å². The summed E-state index contributed by atoms with van der Waals surface area (Å²) in [5, 5.41) is 18.8. The normalized spacial score (nSPS) is 16.8. The lowest BCUT2D eigenvalue weighted by Gasteiger charge is -2.19. The van der Waals surface area contributed by atoms with Gasteiger partial charge in [-0.2, -0.15) is 0 Å². The van der Waals surface area contributed by atoms with E-state index in [-0.39, 0.29) is 30.0 Å². The van der Waals surface area contributed by atoms with Crippen molar-refractivity contribution < 1.29 is 19.8 Å². The molecule has 25 heavy (non-hydrogen) atoms. The average molecular weight is 380 g/mol. The molecule has 1 saturated heterocycles. The Balaban J connectivity index is 2.23. The maximum absolute atomic E-state index is 12.5. The number of nitrogens with zero attached hydrogens (tertiary/aromatic N) is 1. The Bertz CT molecular complexity index is 750. The fourth-order valence-corrected chi connectivity index (χ4v) is 3.66. The highest BCUT2D eigenvalue weighted by molar-refractivity contribution is 8.26. The Morgan fingerprint density at radius 2 is 2.04 bits per heavy atom. The third-order valence-electron chi connectivity index (χ3n) is 3.83. The predicted molar refractivity (Wildman–Crippen MR) is 104 cm³/mol. The molecule has 0 bridgehead atoms. The average Bonchev–Trinajstić information content (AvgIpc) is 2.75. The molecule has 2 N–H and O–H groups in total. The maximum atomic E-state index is 12.5. The highest BCUT2D eigenvalue weighted by Gasteiger charge is 2.32. The highest BCUT2D eigenvalue weighted by atomic mass is 32.2. The summed E-state index contributed by atoms with van der Waals surface area (Å²) in [5.74, 6) is -1.05. The molecule has 1 aromatic carbocycles. The molecule has 7 heteroatoms. The van der Waals surface area contributed by atoms with E-state index in [1.165, 1.54) is 16.7 Å². The second kappa shape index (κ2) is 7.58. The molecule has 0 unspecified atom stereocenters. The number of aliphatic carboxylic acids is 1. The molecule has 1 heterocycles.